The van der Waals surface area contributed by atoms with E-state index in [0.29, 0.717) is 5.39 Å². The summed E-state index contributed by atoms with van der Waals surface area (Å²) in [7, 11) is 0. The van der Waals surface area contributed by atoms with Crippen LogP contribution in [0.25, 0.3) is 21.7 Å². The number of hydrogen-bond donors (Lipinski definition) is 0. The number of rotatable bonds is 0. The van der Waals surface area contributed by atoms with Gasteiger partial charge in [-0.05, 0) is 17.5 Å². The number of benzene rings is 2. The number of nitrogens with zero attached hydrogens (tertiary/aromatic N) is 7. The second-order valence-corrected chi connectivity index (χ2v) is 5.11. The van der Waals surface area contributed by atoms with Gasteiger partial charge in [0.1, 0.15) is 42.0 Å². The van der Waals surface area contributed by atoms with Gasteiger partial charge in [0.15, 0.2) is 5.69 Å². The van der Waals surface area contributed by atoms with Crippen LogP contribution in [0.5, 0.6) is 0 Å². The zero-order valence-corrected chi connectivity index (χ0v) is 12.9. The van der Waals surface area contributed by atoms with Gasteiger partial charge >= 0.3 is 0 Å². The van der Waals surface area contributed by atoms with Crippen molar-refractivity contribution in [2.24, 2.45) is 0 Å². The third kappa shape index (κ3) is 1.98. The van der Waals surface area contributed by atoms with Crippen LogP contribution in [0.2, 0.25) is 0 Å². The van der Waals surface area contributed by atoms with Crippen molar-refractivity contribution in [3.8, 4) is 36.4 Å². The lowest BCUT2D eigenvalue weighted by molar-refractivity contribution is 1.28. The summed E-state index contributed by atoms with van der Waals surface area (Å²) in [6, 6.07) is 15.7. The fourth-order valence-electron chi connectivity index (χ4n) is 2.87. The van der Waals surface area contributed by atoms with Gasteiger partial charge in [-0.2, -0.15) is 31.6 Å². The Morgan fingerprint density at radius 3 is 1.77 bits per heavy atom. The van der Waals surface area contributed by atoms with Gasteiger partial charge in [-0.15, -0.1) is 0 Å². The summed E-state index contributed by atoms with van der Waals surface area (Å²) >= 11 is 0. The van der Waals surface area contributed by atoms with Crippen molar-refractivity contribution >= 4 is 21.7 Å². The Labute approximate surface area is 147 Å². The van der Waals surface area contributed by atoms with Gasteiger partial charge in [0.05, 0.1) is 27.8 Å². The highest BCUT2D eigenvalue weighted by molar-refractivity contribution is 6.13. The molecule has 0 saturated carbocycles. The van der Waals surface area contributed by atoms with Crippen molar-refractivity contribution in [2.45, 2.75) is 0 Å². The molecule has 2 aromatic carbocycles. The normalized spacial score (nSPS) is 9.31. The van der Waals surface area contributed by atoms with E-state index in [-0.39, 0.29) is 49.8 Å². The molecule has 0 fully saturated rings. The van der Waals surface area contributed by atoms with Crippen LogP contribution in [-0.4, -0.2) is 4.98 Å². The lowest BCUT2D eigenvalue weighted by Gasteiger charge is -2.10. The van der Waals surface area contributed by atoms with Crippen molar-refractivity contribution < 1.29 is 0 Å². The number of pyridine rings is 1. The van der Waals surface area contributed by atoms with Gasteiger partial charge < -0.3 is 0 Å². The largest absolute Gasteiger partial charge is 0.236 e. The molecule has 3 rings (SSSR count). The summed E-state index contributed by atoms with van der Waals surface area (Å²) in [5.41, 5.74) is -0.373. The van der Waals surface area contributed by atoms with Crippen LogP contribution in [0.3, 0.4) is 0 Å². The van der Waals surface area contributed by atoms with E-state index < -0.39 is 0 Å². The standard InChI is InChI=1S/C19H3N7/c20-4-11-3-10-1-2-16-19(18(10)14(7-23)12(11)5-21)15(8-24)13(6-22)17(9-25)26-16/h1-3H. The second-order valence-electron chi connectivity index (χ2n) is 5.11. The summed E-state index contributed by atoms with van der Waals surface area (Å²) in [5.74, 6) is 0. The molecule has 3 aromatic rings. The van der Waals surface area contributed by atoms with E-state index in [1.54, 1.807) is 18.2 Å². The van der Waals surface area contributed by atoms with Crippen molar-refractivity contribution in [3.63, 3.8) is 0 Å². The van der Waals surface area contributed by atoms with Gasteiger partial charge in [-0.25, -0.2) is 4.98 Å². The van der Waals surface area contributed by atoms with Gasteiger partial charge in [0.2, 0.25) is 0 Å². The number of nitriles is 6. The zero-order chi connectivity index (χ0) is 18.8. The smallest absolute Gasteiger partial charge is 0.160 e. The van der Waals surface area contributed by atoms with E-state index in [4.69, 9.17) is 0 Å². The monoisotopic (exact) mass is 329 g/mol. The first-order valence-corrected chi connectivity index (χ1v) is 7.03. The quantitative estimate of drug-likeness (QED) is 0.573. The molecule has 0 atom stereocenters. The SMILES string of the molecule is N#Cc1cc2ccc3nc(C#N)c(C#N)c(C#N)c3c2c(C#N)c1C#N. The van der Waals surface area contributed by atoms with Crippen LogP contribution in [0.4, 0.5) is 0 Å². The Morgan fingerprint density at radius 1 is 0.615 bits per heavy atom. The Bertz CT molecular complexity index is 1280. The minimum absolute atomic E-state index is 0.0384. The molecule has 1 aromatic heterocycles. The van der Waals surface area contributed by atoms with E-state index in [0.717, 1.165) is 0 Å². The number of hydrogen-bond acceptors (Lipinski definition) is 7. The Morgan fingerprint density at radius 2 is 1.23 bits per heavy atom. The van der Waals surface area contributed by atoms with Crippen LogP contribution in [0.15, 0.2) is 18.2 Å². The molecule has 7 nitrogen and oxygen atoms in total. The maximum Gasteiger partial charge on any atom is 0.160 e. The van der Waals surface area contributed by atoms with E-state index in [2.05, 4.69) is 4.98 Å². The summed E-state index contributed by atoms with van der Waals surface area (Å²) in [6.45, 7) is 0. The third-order valence-corrected chi connectivity index (χ3v) is 3.93. The number of aromatic nitrogens is 1. The van der Waals surface area contributed by atoms with E-state index in [1.165, 1.54) is 12.1 Å². The first kappa shape index (κ1) is 15.9. The van der Waals surface area contributed by atoms with Crippen molar-refractivity contribution in [1.82, 2.24) is 4.98 Å². The average molecular weight is 329 g/mol. The molecular weight excluding hydrogens is 326 g/mol. The van der Waals surface area contributed by atoms with E-state index >= 15 is 0 Å². The van der Waals surface area contributed by atoms with E-state index in [1.807, 2.05) is 24.3 Å². The molecule has 7 heteroatoms. The van der Waals surface area contributed by atoms with Gasteiger partial charge in [-0.1, -0.05) is 6.07 Å². The molecule has 0 unspecified atom stereocenters. The van der Waals surface area contributed by atoms with Crippen LogP contribution in [0, 0.1) is 68.0 Å². The lowest BCUT2D eigenvalue weighted by Crippen LogP contribution is -2.00. The molecule has 0 aliphatic carbocycles. The molecule has 0 saturated heterocycles. The first-order chi connectivity index (χ1) is 12.6. The Hall–Kier alpha value is -4.95. The molecule has 114 valence electrons. The van der Waals surface area contributed by atoms with Gasteiger partial charge in [-0.3, -0.25) is 0 Å². The fraction of sp³-hybridized carbons (Fsp3) is 0. The summed E-state index contributed by atoms with van der Waals surface area (Å²) < 4.78 is 0. The molecular formula is C19H3N7. The topological polar surface area (TPSA) is 156 Å². The molecule has 0 amide bonds. The molecule has 0 N–H and O–H groups in total. The Balaban J connectivity index is 2.78. The van der Waals surface area contributed by atoms with Gasteiger partial charge in [0.25, 0.3) is 0 Å². The van der Waals surface area contributed by atoms with Crippen LogP contribution in [0.1, 0.15) is 33.5 Å². The third-order valence-electron chi connectivity index (χ3n) is 3.93. The summed E-state index contributed by atoms with van der Waals surface area (Å²) in [5, 5.41) is 57.2. The Kier molecular flexibility index (Phi) is 3.63. The fourth-order valence-corrected chi connectivity index (χ4v) is 2.87. The van der Waals surface area contributed by atoms with Crippen molar-refractivity contribution in [3.05, 3.63) is 51.7 Å². The highest BCUT2D eigenvalue weighted by atomic mass is 14.7. The summed E-state index contributed by atoms with van der Waals surface area (Å²) in [6.07, 6.45) is 0. The first-order valence-electron chi connectivity index (χ1n) is 7.03. The molecule has 0 spiro atoms. The second kappa shape index (κ2) is 5.92. The average Bonchev–Trinajstić information content (AvgIpc) is 2.69. The molecule has 0 aliphatic rings. The van der Waals surface area contributed by atoms with Gasteiger partial charge in [0, 0.05) is 10.8 Å². The highest BCUT2D eigenvalue weighted by Crippen LogP contribution is 2.34. The van der Waals surface area contributed by atoms with E-state index in [9.17, 15) is 31.6 Å². The predicted molar refractivity (Wildman–Crippen MR) is 87.5 cm³/mol. The molecule has 26 heavy (non-hydrogen) atoms. The number of fused-ring (bicyclic) bond motifs is 3. The van der Waals surface area contributed by atoms with Crippen molar-refractivity contribution in [2.75, 3.05) is 0 Å². The molecule has 0 bridgehead atoms. The maximum atomic E-state index is 9.59. The van der Waals surface area contributed by atoms with Crippen LogP contribution in [-0.2, 0) is 0 Å². The minimum Gasteiger partial charge on any atom is -0.236 e. The molecule has 0 aliphatic heterocycles. The lowest BCUT2D eigenvalue weighted by atomic mass is 9.90. The molecule has 0 radical (unpaired) electrons. The van der Waals surface area contributed by atoms with Crippen LogP contribution >= 0.6 is 0 Å². The highest BCUT2D eigenvalue weighted by Gasteiger charge is 2.21. The maximum absolute atomic E-state index is 9.59. The summed E-state index contributed by atoms with van der Waals surface area (Å²) in [4.78, 5) is 4.10. The van der Waals surface area contributed by atoms with Crippen LogP contribution < -0.4 is 0 Å². The predicted octanol–water partition coefficient (Wildman–Crippen LogP) is 2.62. The molecule has 1 heterocycles. The minimum atomic E-state index is -0.193. The van der Waals surface area contributed by atoms with Crippen molar-refractivity contribution in [1.29, 1.82) is 31.6 Å². The zero-order valence-electron chi connectivity index (χ0n) is 12.9.